The van der Waals surface area contributed by atoms with E-state index in [1.807, 2.05) is 0 Å². The van der Waals surface area contributed by atoms with Crippen LogP contribution in [0.5, 0.6) is 0 Å². The van der Waals surface area contributed by atoms with Gasteiger partial charge in [-0.3, -0.25) is 4.90 Å². The molecule has 3 unspecified atom stereocenters. The maximum atomic E-state index is 2.70. The van der Waals surface area contributed by atoms with Crippen molar-refractivity contribution in [2.75, 3.05) is 5.75 Å². The van der Waals surface area contributed by atoms with Gasteiger partial charge in [-0.05, 0) is 26.2 Å². The maximum Gasteiger partial charge on any atom is 0.0908 e. The predicted molar refractivity (Wildman–Crippen MR) is 60.0 cm³/mol. The first-order valence-corrected chi connectivity index (χ1v) is 6.17. The molecule has 2 aliphatic heterocycles. The van der Waals surface area contributed by atoms with Crippen molar-refractivity contribution in [3.63, 3.8) is 0 Å². The molecule has 0 spiro atoms. The maximum absolute atomic E-state index is 2.70. The first-order chi connectivity index (χ1) is 5.75. The fraction of sp³-hybridized carbons (Fsp3) is 1.00. The zero-order valence-corrected chi connectivity index (χ0v) is 10.5. The quantitative estimate of drug-likeness (QED) is 0.552. The molecule has 0 bridgehead atoms. The molecule has 0 amide bonds. The van der Waals surface area contributed by atoms with Crippen molar-refractivity contribution >= 4 is 11.8 Å². The first kappa shape index (κ1) is 9.85. The van der Waals surface area contributed by atoms with E-state index in [4.69, 9.17) is 0 Å². The molecule has 1 nitrogen and oxygen atoms in total. The molecule has 0 N–H and O–H groups in total. The fourth-order valence-electron chi connectivity index (χ4n) is 3.50. The number of hydrogen-bond acceptors (Lipinski definition) is 2. The van der Waals surface area contributed by atoms with Crippen LogP contribution >= 0.6 is 11.8 Å². The van der Waals surface area contributed by atoms with Crippen LogP contribution in [0.2, 0.25) is 0 Å². The zero-order chi connectivity index (χ0) is 10.1. The van der Waals surface area contributed by atoms with Crippen LogP contribution in [0.4, 0.5) is 0 Å². The molecule has 76 valence electrons. The highest BCUT2D eigenvalue weighted by molar-refractivity contribution is 8.01. The Balaban J connectivity index is 2.36. The Morgan fingerprint density at radius 2 is 1.85 bits per heavy atom. The Bertz CT molecular complexity index is 241. The molecule has 2 saturated heterocycles. The van der Waals surface area contributed by atoms with Crippen LogP contribution in [-0.2, 0) is 0 Å². The van der Waals surface area contributed by atoms with Crippen LogP contribution in [0, 0.1) is 5.41 Å². The van der Waals surface area contributed by atoms with Gasteiger partial charge in [0.15, 0.2) is 0 Å². The average Bonchev–Trinajstić information content (AvgIpc) is 2.31. The van der Waals surface area contributed by atoms with Gasteiger partial charge in [-0.25, -0.2) is 0 Å². The molecule has 13 heavy (non-hydrogen) atoms. The summed E-state index contributed by atoms with van der Waals surface area (Å²) in [5, 5.41) is 0. The van der Waals surface area contributed by atoms with E-state index in [9.17, 15) is 0 Å². The molecule has 0 aromatic carbocycles. The van der Waals surface area contributed by atoms with Crippen molar-refractivity contribution in [3.8, 4) is 0 Å². The normalized spacial score (nSPS) is 47.5. The number of thioether (sulfide) groups is 1. The van der Waals surface area contributed by atoms with Gasteiger partial charge in [-0.2, -0.15) is 0 Å². The lowest BCUT2D eigenvalue weighted by atomic mass is 9.85. The first-order valence-electron chi connectivity index (χ1n) is 5.18. The van der Waals surface area contributed by atoms with Crippen molar-refractivity contribution in [1.29, 1.82) is 0 Å². The lowest BCUT2D eigenvalue weighted by molar-refractivity contribution is 0.290. The highest BCUT2D eigenvalue weighted by atomic mass is 32.2. The molecule has 2 fully saturated rings. The number of hydrogen-bond donors (Lipinski definition) is 0. The van der Waals surface area contributed by atoms with E-state index < -0.39 is 0 Å². The Labute approximate surface area is 86.3 Å². The molecule has 2 heteroatoms. The van der Waals surface area contributed by atoms with Gasteiger partial charge in [-0.1, -0.05) is 20.8 Å². The summed E-state index contributed by atoms with van der Waals surface area (Å²) >= 11 is 2.17. The Morgan fingerprint density at radius 3 is 2.08 bits per heavy atom. The monoisotopic (exact) mass is 199 g/mol. The third kappa shape index (κ3) is 0.892. The largest absolute Gasteiger partial charge is 0.275 e. The van der Waals surface area contributed by atoms with Crippen molar-refractivity contribution in [1.82, 2.24) is 4.90 Å². The predicted octanol–water partition coefficient (Wildman–Crippen LogP) is 2.96. The van der Waals surface area contributed by atoms with Gasteiger partial charge in [0.1, 0.15) is 0 Å². The molecule has 2 rings (SSSR count). The summed E-state index contributed by atoms with van der Waals surface area (Å²) in [6, 6.07) is 0.763. The van der Waals surface area contributed by atoms with Gasteiger partial charge < -0.3 is 0 Å². The van der Waals surface area contributed by atoms with Crippen LogP contribution in [0.3, 0.4) is 0 Å². The molecule has 2 heterocycles. The summed E-state index contributed by atoms with van der Waals surface area (Å²) in [7, 11) is 0. The summed E-state index contributed by atoms with van der Waals surface area (Å²) in [6.07, 6.45) is 0. The van der Waals surface area contributed by atoms with E-state index >= 15 is 0 Å². The molecule has 0 radical (unpaired) electrons. The lowest BCUT2D eigenvalue weighted by Crippen LogP contribution is -2.32. The summed E-state index contributed by atoms with van der Waals surface area (Å²) in [5.41, 5.74) is 0.805. The van der Waals surface area contributed by atoms with Crippen molar-refractivity contribution in [2.24, 2.45) is 5.41 Å². The van der Waals surface area contributed by atoms with E-state index in [-0.39, 0.29) is 0 Å². The molecule has 2 aliphatic rings. The highest BCUT2D eigenvalue weighted by Crippen LogP contribution is 2.71. The average molecular weight is 199 g/mol. The van der Waals surface area contributed by atoms with Crippen molar-refractivity contribution < 1.29 is 0 Å². The van der Waals surface area contributed by atoms with Crippen molar-refractivity contribution in [2.45, 2.75) is 58.0 Å². The van der Waals surface area contributed by atoms with E-state index in [2.05, 4.69) is 58.2 Å². The SMILES string of the molecule is CC1CSC2(C(C)(C)C)N1C2(C)C. The van der Waals surface area contributed by atoms with Gasteiger partial charge in [-0.15, -0.1) is 11.8 Å². The van der Waals surface area contributed by atoms with Gasteiger partial charge in [0, 0.05) is 17.3 Å². The molecular formula is C11H21NS. The van der Waals surface area contributed by atoms with Gasteiger partial charge in [0.2, 0.25) is 0 Å². The highest BCUT2D eigenvalue weighted by Gasteiger charge is 2.78. The second-order valence-corrected chi connectivity index (χ2v) is 7.20. The number of nitrogens with zero attached hydrogens (tertiary/aromatic N) is 1. The molecule has 3 atom stereocenters. The van der Waals surface area contributed by atoms with E-state index in [1.54, 1.807) is 0 Å². The van der Waals surface area contributed by atoms with E-state index in [0.717, 1.165) is 6.04 Å². The Kier molecular flexibility index (Phi) is 1.72. The number of fused-ring (bicyclic) bond motifs is 1. The van der Waals surface area contributed by atoms with Gasteiger partial charge >= 0.3 is 0 Å². The van der Waals surface area contributed by atoms with Crippen LogP contribution in [-0.4, -0.2) is 27.1 Å². The second kappa shape index (κ2) is 2.27. The van der Waals surface area contributed by atoms with Crippen LogP contribution in [0.25, 0.3) is 0 Å². The second-order valence-electron chi connectivity index (χ2n) is 5.98. The molecule has 0 aromatic heterocycles. The minimum absolute atomic E-state index is 0.395. The molecule has 0 aromatic rings. The van der Waals surface area contributed by atoms with Crippen LogP contribution in [0.1, 0.15) is 41.5 Å². The topological polar surface area (TPSA) is 3.01 Å². The van der Waals surface area contributed by atoms with Crippen LogP contribution < -0.4 is 0 Å². The third-order valence-electron chi connectivity index (χ3n) is 3.71. The molecular weight excluding hydrogens is 178 g/mol. The minimum atomic E-state index is 0.395. The summed E-state index contributed by atoms with van der Waals surface area (Å²) in [6.45, 7) is 14.3. The zero-order valence-electron chi connectivity index (χ0n) is 9.64. The summed E-state index contributed by atoms with van der Waals surface area (Å²) in [4.78, 5) is 3.12. The van der Waals surface area contributed by atoms with Gasteiger partial charge in [0.05, 0.1) is 4.87 Å². The van der Waals surface area contributed by atoms with E-state index in [0.29, 0.717) is 15.8 Å². The Morgan fingerprint density at radius 1 is 1.31 bits per heavy atom. The third-order valence-corrected chi connectivity index (χ3v) is 6.09. The molecule has 0 saturated carbocycles. The smallest absolute Gasteiger partial charge is 0.0908 e. The fourth-order valence-corrected chi connectivity index (χ4v) is 5.52. The minimum Gasteiger partial charge on any atom is -0.275 e. The van der Waals surface area contributed by atoms with Gasteiger partial charge in [0.25, 0.3) is 0 Å². The number of rotatable bonds is 0. The standard InChI is InChI=1S/C11H21NS/c1-8-7-13-11(9(2,3)4)10(5,6)12(8)11/h8H,7H2,1-6H3. The molecule has 0 aliphatic carbocycles. The lowest BCUT2D eigenvalue weighted by Gasteiger charge is -2.30. The van der Waals surface area contributed by atoms with E-state index in [1.165, 1.54) is 5.75 Å². The summed E-state index contributed by atoms with van der Waals surface area (Å²) in [5.74, 6) is 1.31. The Hall–Kier alpha value is 0.310. The van der Waals surface area contributed by atoms with Crippen LogP contribution in [0.15, 0.2) is 0 Å². The summed E-state index contributed by atoms with van der Waals surface area (Å²) < 4.78 is 0. The van der Waals surface area contributed by atoms with Crippen molar-refractivity contribution in [3.05, 3.63) is 0 Å².